The number of carbonyl (C=O) groups is 2. The molecule has 0 spiro atoms. The number of benzene rings is 1. The lowest BCUT2D eigenvalue weighted by molar-refractivity contribution is -0.137. The van der Waals surface area contributed by atoms with Gasteiger partial charge in [-0.1, -0.05) is 12.1 Å². The minimum absolute atomic E-state index is 0.0673. The third-order valence-electron chi connectivity index (χ3n) is 2.97. The molecule has 0 atom stereocenters. The zero-order chi connectivity index (χ0) is 13.7. The van der Waals surface area contributed by atoms with Crippen LogP contribution in [0.4, 0.5) is 5.69 Å². The molecular formula is C14H18N2O3. The van der Waals surface area contributed by atoms with Gasteiger partial charge in [-0.15, -0.1) is 0 Å². The van der Waals surface area contributed by atoms with Crippen LogP contribution in [0.25, 0.3) is 0 Å². The summed E-state index contributed by atoms with van der Waals surface area (Å²) < 4.78 is 0. The van der Waals surface area contributed by atoms with Gasteiger partial charge in [0.15, 0.2) is 0 Å². The zero-order valence-corrected chi connectivity index (χ0v) is 10.7. The number of carbonyl (C=O) groups excluding carboxylic acids is 1. The maximum absolute atomic E-state index is 11.7. The van der Waals surface area contributed by atoms with Gasteiger partial charge in [0.25, 0.3) is 0 Å². The smallest absolute Gasteiger partial charge is 0.303 e. The number of aliphatic carboxylic acids is 1. The van der Waals surface area contributed by atoms with Crippen molar-refractivity contribution in [3.8, 4) is 0 Å². The van der Waals surface area contributed by atoms with E-state index in [0.717, 1.165) is 18.4 Å². The van der Waals surface area contributed by atoms with Crippen LogP contribution in [0, 0.1) is 0 Å². The third kappa shape index (κ3) is 5.09. The minimum Gasteiger partial charge on any atom is -0.481 e. The Labute approximate surface area is 112 Å². The van der Waals surface area contributed by atoms with E-state index in [1.807, 2.05) is 18.2 Å². The number of rotatable bonds is 7. The Balaban J connectivity index is 1.82. The van der Waals surface area contributed by atoms with Crippen molar-refractivity contribution in [2.45, 2.75) is 31.7 Å². The van der Waals surface area contributed by atoms with Crippen LogP contribution in [-0.2, 0) is 16.0 Å². The second-order valence-electron chi connectivity index (χ2n) is 4.80. The van der Waals surface area contributed by atoms with E-state index in [1.54, 1.807) is 6.07 Å². The number of hydrogen-bond donors (Lipinski definition) is 3. The van der Waals surface area contributed by atoms with Crippen molar-refractivity contribution >= 4 is 17.6 Å². The Kier molecular flexibility index (Phi) is 4.52. The van der Waals surface area contributed by atoms with Crippen LogP contribution in [0.5, 0.6) is 0 Å². The van der Waals surface area contributed by atoms with Crippen molar-refractivity contribution in [3.05, 3.63) is 29.8 Å². The molecule has 2 rings (SSSR count). The molecule has 0 unspecified atom stereocenters. The first-order valence-corrected chi connectivity index (χ1v) is 6.47. The van der Waals surface area contributed by atoms with Gasteiger partial charge in [0, 0.05) is 18.2 Å². The molecule has 19 heavy (non-hydrogen) atoms. The summed E-state index contributed by atoms with van der Waals surface area (Å²) in [5.41, 5.74) is 1.63. The van der Waals surface area contributed by atoms with E-state index in [4.69, 9.17) is 5.11 Å². The Morgan fingerprint density at radius 3 is 2.79 bits per heavy atom. The van der Waals surface area contributed by atoms with Crippen LogP contribution < -0.4 is 10.6 Å². The van der Waals surface area contributed by atoms with Gasteiger partial charge in [-0.25, -0.2) is 0 Å². The summed E-state index contributed by atoms with van der Waals surface area (Å²) in [5, 5.41) is 14.6. The van der Waals surface area contributed by atoms with Crippen LogP contribution in [0.1, 0.15) is 24.8 Å². The second-order valence-corrected chi connectivity index (χ2v) is 4.80. The van der Waals surface area contributed by atoms with Crippen molar-refractivity contribution in [1.82, 2.24) is 5.32 Å². The van der Waals surface area contributed by atoms with Gasteiger partial charge in [-0.2, -0.15) is 0 Å². The summed E-state index contributed by atoms with van der Waals surface area (Å²) in [6, 6.07) is 7.81. The van der Waals surface area contributed by atoms with Gasteiger partial charge in [0.05, 0.1) is 6.54 Å². The predicted molar refractivity (Wildman–Crippen MR) is 72.1 cm³/mol. The van der Waals surface area contributed by atoms with Crippen LogP contribution in [0.2, 0.25) is 0 Å². The quantitative estimate of drug-likeness (QED) is 0.694. The topological polar surface area (TPSA) is 78.4 Å². The largest absolute Gasteiger partial charge is 0.481 e. The van der Waals surface area contributed by atoms with Crippen molar-refractivity contribution in [3.63, 3.8) is 0 Å². The van der Waals surface area contributed by atoms with Gasteiger partial charge in [-0.05, 0) is 37.0 Å². The first-order valence-electron chi connectivity index (χ1n) is 6.47. The van der Waals surface area contributed by atoms with E-state index in [-0.39, 0.29) is 12.3 Å². The highest BCUT2D eigenvalue weighted by Gasteiger charge is 2.21. The van der Waals surface area contributed by atoms with E-state index < -0.39 is 5.97 Å². The molecule has 0 aliphatic heterocycles. The lowest BCUT2D eigenvalue weighted by Gasteiger charge is -2.07. The van der Waals surface area contributed by atoms with Gasteiger partial charge in [0.2, 0.25) is 5.91 Å². The van der Waals surface area contributed by atoms with Crippen molar-refractivity contribution < 1.29 is 14.7 Å². The summed E-state index contributed by atoms with van der Waals surface area (Å²) in [7, 11) is 0. The number of carboxylic acid groups (broad SMARTS) is 1. The summed E-state index contributed by atoms with van der Waals surface area (Å²) in [4.78, 5) is 22.2. The molecule has 0 radical (unpaired) electrons. The molecule has 0 saturated heterocycles. The molecule has 1 aromatic rings. The average Bonchev–Trinajstić information content (AvgIpc) is 3.18. The molecule has 102 valence electrons. The van der Waals surface area contributed by atoms with Crippen LogP contribution in [0.15, 0.2) is 24.3 Å². The van der Waals surface area contributed by atoms with Gasteiger partial charge >= 0.3 is 5.97 Å². The second kappa shape index (κ2) is 6.33. The van der Waals surface area contributed by atoms with Gasteiger partial charge in [0.1, 0.15) is 0 Å². The summed E-state index contributed by atoms with van der Waals surface area (Å²) >= 11 is 0. The molecule has 0 aromatic heterocycles. The van der Waals surface area contributed by atoms with E-state index in [0.29, 0.717) is 24.7 Å². The highest BCUT2D eigenvalue weighted by molar-refractivity contribution is 5.92. The Hall–Kier alpha value is -1.88. The molecule has 5 nitrogen and oxygen atoms in total. The average molecular weight is 262 g/mol. The number of nitrogens with one attached hydrogen (secondary N) is 2. The minimum atomic E-state index is -0.817. The monoisotopic (exact) mass is 262 g/mol. The molecule has 1 aliphatic carbocycles. The molecule has 0 bridgehead atoms. The first-order chi connectivity index (χ1) is 9.13. The van der Waals surface area contributed by atoms with Crippen LogP contribution >= 0.6 is 0 Å². The summed E-state index contributed by atoms with van der Waals surface area (Å²) in [6.07, 6.45) is 2.87. The Bertz CT molecular complexity index is 470. The fraction of sp³-hybridized carbons (Fsp3) is 0.429. The Morgan fingerprint density at radius 1 is 1.32 bits per heavy atom. The fourth-order valence-electron chi connectivity index (χ4n) is 1.79. The summed E-state index contributed by atoms with van der Waals surface area (Å²) in [6.45, 7) is 0.323. The van der Waals surface area contributed by atoms with Crippen molar-refractivity contribution in [2.24, 2.45) is 0 Å². The molecule has 3 N–H and O–H groups in total. The number of amides is 1. The van der Waals surface area contributed by atoms with Gasteiger partial charge in [-0.3, -0.25) is 9.59 Å². The van der Waals surface area contributed by atoms with Crippen molar-refractivity contribution in [2.75, 3.05) is 11.9 Å². The highest BCUT2D eigenvalue weighted by atomic mass is 16.4. The lowest BCUT2D eigenvalue weighted by atomic mass is 10.1. The van der Waals surface area contributed by atoms with E-state index in [1.165, 1.54) is 0 Å². The number of carboxylic acids is 1. The first kappa shape index (κ1) is 13.5. The molecule has 1 saturated carbocycles. The standard InChI is InChI=1S/C14H18N2O3/c17-13(9-15-11-5-6-11)16-12-3-1-2-10(8-12)4-7-14(18)19/h1-3,8,11,15H,4-7,9H2,(H,16,17)(H,18,19). The van der Waals surface area contributed by atoms with Crippen LogP contribution in [-0.4, -0.2) is 29.6 Å². The fourth-order valence-corrected chi connectivity index (χ4v) is 1.79. The SMILES string of the molecule is O=C(O)CCc1cccc(NC(=O)CNC2CC2)c1. The molecule has 0 heterocycles. The lowest BCUT2D eigenvalue weighted by Crippen LogP contribution is -2.29. The van der Waals surface area contributed by atoms with Gasteiger partial charge < -0.3 is 15.7 Å². The maximum atomic E-state index is 11.7. The third-order valence-corrected chi connectivity index (χ3v) is 2.97. The van der Waals surface area contributed by atoms with E-state index in [9.17, 15) is 9.59 Å². The highest BCUT2D eigenvalue weighted by Crippen LogP contribution is 2.18. The number of hydrogen-bond acceptors (Lipinski definition) is 3. The maximum Gasteiger partial charge on any atom is 0.303 e. The predicted octanol–water partition coefficient (Wildman–Crippen LogP) is 1.39. The van der Waals surface area contributed by atoms with Crippen molar-refractivity contribution in [1.29, 1.82) is 0 Å². The zero-order valence-electron chi connectivity index (χ0n) is 10.7. The molecular weight excluding hydrogens is 244 g/mol. The number of aryl methyl sites for hydroxylation is 1. The molecule has 5 heteroatoms. The normalized spacial score (nSPS) is 14.1. The molecule has 1 aromatic carbocycles. The number of anilines is 1. The summed E-state index contributed by atoms with van der Waals surface area (Å²) in [5.74, 6) is -0.884. The van der Waals surface area contributed by atoms with E-state index in [2.05, 4.69) is 10.6 Å². The van der Waals surface area contributed by atoms with E-state index >= 15 is 0 Å². The molecule has 1 amide bonds. The molecule has 1 aliphatic rings. The molecule has 1 fully saturated rings. The van der Waals surface area contributed by atoms with Crippen LogP contribution in [0.3, 0.4) is 0 Å². The Morgan fingerprint density at radius 2 is 2.11 bits per heavy atom.